The molecule has 0 aromatic rings. The smallest absolute Gasteiger partial charge is 0.0594 e. The molecule has 1 aliphatic rings. The number of rotatable bonds is 2. The Hall–Kier alpha value is -0.340. The van der Waals surface area contributed by atoms with Gasteiger partial charge >= 0.3 is 0 Å². The van der Waals surface area contributed by atoms with Gasteiger partial charge in [-0.15, -0.1) is 0 Å². The van der Waals surface area contributed by atoms with E-state index in [1.165, 1.54) is 0 Å². The van der Waals surface area contributed by atoms with Crippen molar-refractivity contribution in [1.29, 1.82) is 0 Å². The predicted octanol–water partition coefficient (Wildman–Crippen LogP) is 0.709. The van der Waals surface area contributed by atoms with Crippen molar-refractivity contribution in [3.8, 4) is 0 Å². The van der Waals surface area contributed by atoms with Gasteiger partial charge in [0.25, 0.3) is 0 Å². The fourth-order valence-electron chi connectivity index (χ4n) is 1.01. The number of ether oxygens (including phenoxy) is 1. The van der Waals surface area contributed by atoms with Gasteiger partial charge in [0.15, 0.2) is 0 Å². The average molecular weight is 140 g/mol. The molecule has 0 aromatic carbocycles. The zero-order valence-electron chi connectivity index (χ0n) is 6.25. The molecular weight excluding hydrogens is 126 g/mol. The molecule has 2 nitrogen and oxygen atoms in total. The molecule has 0 saturated carbocycles. The van der Waals surface area contributed by atoms with Crippen molar-refractivity contribution in [1.82, 2.24) is 4.90 Å². The molecule has 0 amide bonds. The van der Waals surface area contributed by atoms with Crippen LogP contribution in [0.2, 0.25) is 0 Å². The Kier molecular flexibility index (Phi) is 3.47. The molecule has 0 atom stereocenters. The van der Waals surface area contributed by atoms with Crippen LogP contribution in [-0.4, -0.2) is 37.7 Å². The van der Waals surface area contributed by atoms with Crippen LogP contribution in [-0.2, 0) is 4.74 Å². The lowest BCUT2D eigenvalue weighted by Crippen LogP contribution is -2.36. The third-order valence-electron chi connectivity index (χ3n) is 1.63. The summed E-state index contributed by atoms with van der Waals surface area (Å²) in [5, 5.41) is 0. The Balaban J connectivity index is 2.13. The molecule has 1 saturated heterocycles. The van der Waals surface area contributed by atoms with E-state index >= 15 is 0 Å². The highest BCUT2D eigenvalue weighted by molar-refractivity contribution is 4.87. The minimum Gasteiger partial charge on any atom is -0.379 e. The monoisotopic (exact) mass is 140 g/mol. The van der Waals surface area contributed by atoms with Crippen LogP contribution in [0.1, 0.15) is 0 Å². The van der Waals surface area contributed by atoms with E-state index in [0.29, 0.717) is 0 Å². The highest BCUT2D eigenvalue weighted by Crippen LogP contribution is 1.95. The van der Waals surface area contributed by atoms with Crippen LogP contribution in [0.15, 0.2) is 12.2 Å². The Morgan fingerprint density at radius 3 is 2.70 bits per heavy atom. The van der Waals surface area contributed by atoms with E-state index in [9.17, 15) is 0 Å². The van der Waals surface area contributed by atoms with Gasteiger partial charge in [-0.3, -0.25) is 4.90 Å². The van der Waals surface area contributed by atoms with Crippen molar-refractivity contribution in [3.63, 3.8) is 0 Å². The van der Waals surface area contributed by atoms with Crippen LogP contribution in [0.5, 0.6) is 0 Å². The summed E-state index contributed by atoms with van der Waals surface area (Å²) in [5.41, 5.74) is 0. The molecule has 10 heavy (non-hydrogen) atoms. The lowest BCUT2D eigenvalue weighted by Gasteiger charge is -2.24. The topological polar surface area (TPSA) is 12.5 Å². The predicted molar refractivity (Wildman–Crippen MR) is 41.8 cm³/mol. The van der Waals surface area contributed by atoms with Gasteiger partial charge in [0, 0.05) is 19.6 Å². The molecule has 0 aromatic heterocycles. The normalized spacial score (nSPS) is 22.1. The molecular formula is C8H14NO. The molecule has 0 aliphatic carbocycles. The van der Waals surface area contributed by atoms with E-state index in [1.807, 2.05) is 6.08 Å². The lowest BCUT2D eigenvalue weighted by molar-refractivity contribution is 0.0434. The van der Waals surface area contributed by atoms with Crippen molar-refractivity contribution in [3.05, 3.63) is 19.1 Å². The first kappa shape index (κ1) is 7.76. The Labute approximate surface area is 62.5 Å². The van der Waals surface area contributed by atoms with Crippen LogP contribution in [0.4, 0.5) is 0 Å². The fourth-order valence-corrected chi connectivity index (χ4v) is 1.01. The number of morpholine rings is 1. The summed E-state index contributed by atoms with van der Waals surface area (Å²) in [5.74, 6) is 0. The van der Waals surface area contributed by atoms with E-state index in [1.54, 1.807) is 0 Å². The minimum absolute atomic E-state index is 0.880. The molecule has 0 N–H and O–H groups in total. The summed E-state index contributed by atoms with van der Waals surface area (Å²) in [4.78, 5) is 2.35. The zero-order valence-corrected chi connectivity index (χ0v) is 6.25. The standard InChI is InChI=1S/C8H14NO/c1-2-3-4-9-5-7-10-8-6-9/h2-3H,1,4-8H2. The molecule has 1 rings (SSSR count). The minimum atomic E-state index is 0.880. The summed E-state index contributed by atoms with van der Waals surface area (Å²) in [7, 11) is 0. The number of hydrogen-bond donors (Lipinski definition) is 0. The van der Waals surface area contributed by atoms with Gasteiger partial charge in [-0.25, -0.2) is 0 Å². The van der Waals surface area contributed by atoms with Crippen LogP contribution in [0, 0.1) is 6.92 Å². The molecule has 1 heterocycles. The summed E-state index contributed by atoms with van der Waals surface area (Å²) < 4.78 is 5.20. The van der Waals surface area contributed by atoms with Gasteiger partial charge in [0.1, 0.15) is 0 Å². The Morgan fingerprint density at radius 1 is 1.40 bits per heavy atom. The fraction of sp³-hybridized carbons (Fsp3) is 0.625. The number of hydrogen-bond acceptors (Lipinski definition) is 2. The van der Waals surface area contributed by atoms with Gasteiger partial charge < -0.3 is 4.74 Å². The highest BCUT2D eigenvalue weighted by Gasteiger charge is 2.06. The summed E-state index contributed by atoms with van der Waals surface area (Å²) >= 11 is 0. The first-order valence-electron chi connectivity index (χ1n) is 3.68. The average Bonchev–Trinajstić information content (AvgIpc) is 2.03. The second-order valence-electron chi connectivity index (χ2n) is 2.38. The van der Waals surface area contributed by atoms with Gasteiger partial charge in [-0.05, 0) is 6.92 Å². The third-order valence-corrected chi connectivity index (χ3v) is 1.63. The van der Waals surface area contributed by atoms with Crippen molar-refractivity contribution < 1.29 is 4.74 Å². The molecule has 0 spiro atoms. The molecule has 57 valence electrons. The maximum Gasteiger partial charge on any atom is 0.0594 e. The molecule has 2 heteroatoms. The van der Waals surface area contributed by atoms with Gasteiger partial charge in [-0.1, -0.05) is 12.2 Å². The molecule has 1 aliphatic heterocycles. The van der Waals surface area contributed by atoms with E-state index in [-0.39, 0.29) is 0 Å². The second-order valence-corrected chi connectivity index (χ2v) is 2.38. The third kappa shape index (κ3) is 2.50. The van der Waals surface area contributed by atoms with Gasteiger partial charge in [-0.2, -0.15) is 0 Å². The van der Waals surface area contributed by atoms with Crippen LogP contribution >= 0.6 is 0 Å². The summed E-state index contributed by atoms with van der Waals surface area (Å²) in [6.07, 6.45) is 3.92. The molecule has 0 unspecified atom stereocenters. The van der Waals surface area contributed by atoms with Crippen molar-refractivity contribution in [2.24, 2.45) is 0 Å². The molecule has 1 radical (unpaired) electrons. The number of nitrogens with zero attached hydrogens (tertiary/aromatic N) is 1. The second kappa shape index (κ2) is 4.47. The molecule has 0 bridgehead atoms. The van der Waals surface area contributed by atoms with Crippen molar-refractivity contribution >= 4 is 0 Å². The van der Waals surface area contributed by atoms with Crippen LogP contribution < -0.4 is 0 Å². The quantitative estimate of drug-likeness (QED) is 0.560. The van der Waals surface area contributed by atoms with Crippen LogP contribution in [0.3, 0.4) is 0 Å². The zero-order chi connectivity index (χ0) is 7.23. The maximum absolute atomic E-state index is 5.20. The lowest BCUT2D eigenvalue weighted by atomic mass is 10.4. The van der Waals surface area contributed by atoms with Crippen molar-refractivity contribution in [2.45, 2.75) is 0 Å². The highest BCUT2D eigenvalue weighted by atomic mass is 16.5. The summed E-state index contributed by atoms with van der Waals surface area (Å²) in [6.45, 7) is 8.53. The Morgan fingerprint density at radius 2 is 2.10 bits per heavy atom. The SMILES string of the molecule is [CH2]C=CCN1CCOCC1. The van der Waals surface area contributed by atoms with Crippen LogP contribution in [0.25, 0.3) is 0 Å². The van der Waals surface area contributed by atoms with Gasteiger partial charge in [0.2, 0.25) is 0 Å². The largest absolute Gasteiger partial charge is 0.379 e. The number of allylic oxidation sites excluding steroid dienone is 1. The molecule has 1 fully saturated rings. The summed E-state index contributed by atoms with van der Waals surface area (Å²) in [6, 6.07) is 0. The Bertz CT molecular complexity index is 106. The van der Waals surface area contributed by atoms with E-state index in [2.05, 4.69) is 17.9 Å². The first-order valence-corrected chi connectivity index (χ1v) is 3.68. The first-order chi connectivity index (χ1) is 4.93. The van der Waals surface area contributed by atoms with E-state index < -0.39 is 0 Å². The van der Waals surface area contributed by atoms with E-state index in [4.69, 9.17) is 4.74 Å². The van der Waals surface area contributed by atoms with Crippen molar-refractivity contribution in [2.75, 3.05) is 32.8 Å². The van der Waals surface area contributed by atoms with Gasteiger partial charge in [0.05, 0.1) is 13.2 Å². The van der Waals surface area contributed by atoms with E-state index in [0.717, 1.165) is 32.8 Å². The maximum atomic E-state index is 5.20.